The number of hydrogen-bond acceptors (Lipinski definition) is 6. The molecule has 8 heteroatoms. The van der Waals surface area contributed by atoms with E-state index < -0.39 is 24.4 Å². The van der Waals surface area contributed by atoms with Gasteiger partial charge in [-0.05, 0) is 55.8 Å². The molecule has 1 heterocycles. The molecule has 30 heavy (non-hydrogen) atoms. The van der Waals surface area contributed by atoms with Gasteiger partial charge in [0, 0.05) is 11.7 Å². The van der Waals surface area contributed by atoms with Gasteiger partial charge in [0.05, 0.1) is 23.8 Å². The lowest BCUT2D eigenvalue weighted by molar-refractivity contribution is -0.119. The summed E-state index contributed by atoms with van der Waals surface area (Å²) in [6.07, 6.45) is 0.629. The van der Waals surface area contributed by atoms with Crippen LogP contribution >= 0.6 is 0 Å². The van der Waals surface area contributed by atoms with Crippen molar-refractivity contribution in [2.45, 2.75) is 26.3 Å². The minimum absolute atomic E-state index is 0.0955. The molecule has 0 aromatic heterocycles. The Balaban J connectivity index is 1.63. The summed E-state index contributed by atoms with van der Waals surface area (Å²) in [4.78, 5) is 50.5. The van der Waals surface area contributed by atoms with Crippen molar-refractivity contribution in [3.63, 3.8) is 0 Å². The van der Waals surface area contributed by atoms with E-state index in [9.17, 15) is 19.2 Å². The fourth-order valence-corrected chi connectivity index (χ4v) is 3.06. The monoisotopic (exact) mass is 410 g/mol. The number of benzene rings is 2. The molecule has 8 nitrogen and oxygen atoms in total. The number of rotatable bonds is 7. The third-order valence-corrected chi connectivity index (χ3v) is 4.89. The molecule has 1 N–H and O–H groups in total. The van der Waals surface area contributed by atoms with E-state index >= 15 is 0 Å². The van der Waals surface area contributed by atoms with Crippen molar-refractivity contribution in [1.82, 2.24) is 4.90 Å². The lowest BCUT2D eigenvalue weighted by Crippen LogP contribution is -2.37. The highest BCUT2D eigenvalue weighted by molar-refractivity contribution is 6.22. The average molecular weight is 410 g/mol. The predicted octanol–water partition coefficient (Wildman–Crippen LogP) is 2.89. The second kappa shape index (κ2) is 8.77. The fourth-order valence-electron chi connectivity index (χ4n) is 3.06. The number of nitrogens with zero attached hydrogens (tertiary/aromatic N) is 1. The second-order valence-corrected chi connectivity index (χ2v) is 6.85. The number of carbonyl (C=O) groups excluding carboxylic acids is 4. The van der Waals surface area contributed by atoms with E-state index in [0.29, 0.717) is 17.9 Å². The van der Waals surface area contributed by atoms with Gasteiger partial charge >= 0.3 is 5.97 Å². The average Bonchev–Trinajstić information content (AvgIpc) is 3.01. The van der Waals surface area contributed by atoms with E-state index in [1.807, 2.05) is 6.92 Å². The van der Waals surface area contributed by atoms with Crippen molar-refractivity contribution in [2.24, 2.45) is 0 Å². The van der Waals surface area contributed by atoms with E-state index in [-0.39, 0.29) is 28.6 Å². The third-order valence-electron chi connectivity index (χ3n) is 4.89. The molecule has 1 aliphatic rings. The van der Waals surface area contributed by atoms with Crippen molar-refractivity contribution < 1.29 is 28.7 Å². The zero-order chi connectivity index (χ0) is 21.8. The third kappa shape index (κ3) is 4.17. The minimum Gasteiger partial charge on any atom is -0.497 e. The summed E-state index contributed by atoms with van der Waals surface area (Å²) >= 11 is 0. The molecular formula is C22H22N2O6. The lowest BCUT2D eigenvalue weighted by Gasteiger charge is -2.20. The molecule has 156 valence electrons. The Kier molecular flexibility index (Phi) is 6.15. The van der Waals surface area contributed by atoms with Crippen LogP contribution in [0.3, 0.4) is 0 Å². The minimum atomic E-state index is -0.759. The smallest absolute Gasteiger partial charge is 0.338 e. The lowest BCUT2D eigenvalue weighted by atomic mass is 10.1. The second-order valence-electron chi connectivity index (χ2n) is 6.85. The number of ether oxygens (including phenoxy) is 2. The zero-order valence-corrected chi connectivity index (χ0v) is 16.9. The number of nitrogens with one attached hydrogen (secondary N) is 1. The van der Waals surface area contributed by atoms with Crippen molar-refractivity contribution in [1.29, 1.82) is 0 Å². The Labute approximate surface area is 173 Å². The maximum absolute atomic E-state index is 12.6. The highest BCUT2D eigenvalue weighted by atomic mass is 16.5. The number of methoxy groups -OCH3 is 1. The van der Waals surface area contributed by atoms with Crippen LogP contribution < -0.4 is 10.1 Å². The van der Waals surface area contributed by atoms with Crippen LogP contribution in [0.1, 0.15) is 51.3 Å². The zero-order valence-electron chi connectivity index (χ0n) is 16.9. The maximum Gasteiger partial charge on any atom is 0.338 e. The van der Waals surface area contributed by atoms with Crippen LogP contribution in [-0.4, -0.2) is 48.3 Å². The maximum atomic E-state index is 12.6. The Hall–Kier alpha value is -3.68. The van der Waals surface area contributed by atoms with Crippen LogP contribution in [0, 0.1) is 0 Å². The molecule has 3 amide bonds. The Bertz CT molecular complexity index is 999. The summed E-state index contributed by atoms with van der Waals surface area (Å²) in [6.45, 7) is 3.18. The van der Waals surface area contributed by atoms with Crippen LogP contribution in [0.4, 0.5) is 5.69 Å². The van der Waals surface area contributed by atoms with Gasteiger partial charge in [-0.15, -0.1) is 0 Å². The SMILES string of the molecule is CCC(C)N1C(=O)c2ccc(C(=O)OCC(=O)Nc3ccc(OC)cc3)cc2C1=O. The normalized spacial score (nSPS) is 13.6. The summed E-state index contributed by atoms with van der Waals surface area (Å²) in [5.41, 5.74) is 1.05. The molecule has 0 bridgehead atoms. The van der Waals surface area contributed by atoms with Crippen LogP contribution in [0.2, 0.25) is 0 Å². The molecule has 1 unspecified atom stereocenters. The number of anilines is 1. The Morgan fingerprint density at radius 1 is 1.03 bits per heavy atom. The van der Waals surface area contributed by atoms with Gasteiger partial charge in [0.15, 0.2) is 6.61 Å². The summed E-state index contributed by atoms with van der Waals surface area (Å²) < 4.78 is 10.1. The molecule has 2 aromatic carbocycles. The largest absolute Gasteiger partial charge is 0.497 e. The summed E-state index contributed by atoms with van der Waals surface area (Å²) in [6, 6.07) is 10.6. The topological polar surface area (TPSA) is 102 Å². The number of imide groups is 1. The van der Waals surface area contributed by atoms with Crippen molar-refractivity contribution in [2.75, 3.05) is 19.0 Å². The van der Waals surface area contributed by atoms with E-state index in [1.54, 1.807) is 31.2 Å². The highest BCUT2D eigenvalue weighted by Crippen LogP contribution is 2.27. The van der Waals surface area contributed by atoms with Crippen molar-refractivity contribution >= 4 is 29.4 Å². The van der Waals surface area contributed by atoms with Gasteiger partial charge in [0.1, 0.15) is 5.75 Å². The van der Waals surface area contributed by atoms with E-state index in [1.165, 1.54) is 30.2 Å². The van der Waals surface area contributed by atoms with Crippen LogP contribution in [0.5, 0.6) is 5.75 Å². The van der Waals surface area contributed by atoms with Gasteiger partial charge in [-0.3, -0.25) is 19.3 Å². The molecule has 1 aliphatic heterocycles. The van der Waals surface area contributed by atoms with Gasteiger partial charge in [0.2, 0.25) is 0 Å². The number of hydrogen-bond donors (Lipinski definition) is 1. The molecule has 0 aliphatic carbocycles. The number of fused-ring (bicyclic) bond motifs is 1. The van der Waals surface area contributed by atoms with Crippen LogP contribution in [0.25, 0.3) is 0 Å². The molecule has 2 aromatic rings. The van der Waals surface area contributed by atoms with Gasteiger partial charge in [-0.2, -0.15) is 0 Å². The molecule has 1 atom stereocenters. The van der Waals surface area contributed by atoms with Crippen LogP contribution in [-0.2, 0) is 9.53 Å². The summed E-state index contributed by atoms with van der Waals surface area (Å²) in [7, 11) is 1.54. The standard InChI is InChI=1S/C22H22N2O6/c1-4-13(2)24-20(26)17-10-5-14(11-18(17)21(24)27)22(28)30-12-19(25)23-15-6-8-16(29-3)9-7-15/h5-11,13H,4,12H2,1-3H3,(H,23,25). The van der Waals surface area contributed by atoms with E-state index in [2.05, 4.69) is 5.32 Å². The number of amides is 3. The Morgan fingerprint density at radius 2 is 1.70 bits per heavy atom. The van der Waals surface area contributed by atoms with E-state index in [4.69, 9.17) is 9.47 Å². The summed E-state index contributed by atoms with van der Waals surface area (Å²) in [5.74, 6) is -1.43. The fraction of sp³-hybridized carbons (Fsp3) is 0.273. The number of esters is 1. The van der Waals surface area contributed by atoms with Crippen molar-refractivity contribution in [3.05, 3.63) is 59.2 Å². The Morgan fingerprint density at radius 3 is 2.33 bits per heavy atom. The van der Waals surface area contributed by atoms with E-state index in [0.717, 1.165) is 0 Å². The first-order chi connectivity index (χ1) is 14.3. The molecule has 0 radical (unpaired) electrons. The molecule has 0 fully saturated rings. The molecular weight excluding hydrogens is 388 g/mol. The number of carbonyl (C=O) groups is 4. The first-order valence-corrected chi connectivity index (χ1v) is 9.48. The molecule has 0 spiro atoms. The van der Waals surface area contributed by atoms with Gasteiger partial charge in [-0.1, -0.05) is 6.92 Å². The van der Waals surface area contributed by atoms with Gasteiger partial charge in [0.25, 0.3) is 17.7 Å². The molecule has 0 saturated heterocycles. The van der Waals surface area contributed by atoms with Gasteiger partial charge < -0.3 is 14.8 Å². The quantitative estimate of drug-likeness (QED) is 0.556. The predicted molar refractivity (Wildman–Crippen MR) is 109 cm³/mol. The van der Waals surface area contributed by atoms with Gasteiger partial charge in [-0.25, -0.2) is 4.79 Å². The highest BCUT2D eigenvalue weighted by Gasteiger charge is 2.38. The molecule has 0 saturated carbocycles. The van der Waals surface area contributed by atoms with Crippen molar-refractivity contribution in [3.8, 4) is 5.75 Å². The first kappa shape index (κ1) is 21.0. The summed E-state index contributed by atoms with van der Waals surface area (Å²) in [5, 5.41) is 2.60. The first-order valence-electron chi connectivity index (χ1n) is 9.48. The molecule has 3 rings (SSSR count). The van der Waals surface area contributed by atoms with Crippen LogP contribution in [0.15, 0.2) is 42.5 Å².